The molecule has 0 saturated heterocycles. The third kappa shape index (κ3) is 3.97. The van der Waals surface area contributed by atoms with Crippen molar-refractivity contribution in [3.05, 3.63) is 64.7 Å². The van der Waals surface area contributed by atoms with E-state index >= 15 is 0 Å². The zero-order valence-corrected chi connectivity index (χ0v) is 12.8. The molecule has 0 bridgehead atoms. The van der Waals surface area contributed by atoms with Gasteiger partial charge in [0.25, 0.3) is 0 Å². The number of nitrogens with two attached hydrogens (primary N) is 1. The van der Waals surface area contributed by atoms with Gasteiger partial charge in [0.05, 0.1) is 6.61 Å². The van der Waals surface area contributed by atoms with E-state index in [9.17, 15) is 5.11 Å². The summed E-state index contributed by atoms with van der Waals surface area (Å²) in [6, 6.07) is 14.8. The van der Waals surface area contributed by atoms with Crippen LogP contribution in [-0.2, 0) is 6.61 Å². The molecule has 0 amide bonds. The van der Waals surface area contributed by atoms with E-state index in [1.165, 1.54) is 0 Å². The number of rotatable bonds is 6. The van der Waals surface area contributed by atoms with Crippen LogP contribution in [0.25, 0.3) is 0 Å². The first-order valence-electron chi connectivity index (χ1n) is 7.02. The van der Waals surface area contributed by atoms with Gasteiger partial charge in [-0.25, -0.2) is 0 Å². The Bertz CT molecular complexity index is 571. The number of hydrogen-bond donors (Lipinski definition) is 2. The lowest BCUT2D eigenvalue weighted by Crippen LogP contribution is -2.31. The molecule has 2 atom stereocenters. The quantitative estimate of drug-likeness (QED) is 0.856. The predicted molar refractivity (Wildman–Crippen MR) is 85.5 cm³/mol. The zero-order chi connectivity index (χ0) is 15.2. The molecule has 0 aromatic heterocycles. The summed E-state index contributed by atoms with van der Waals surface area (Å²) in [5.41, 5.74) is 7.93. The van der Waals surface area contributed by atoms with Gasteiger partial charge in [0, 0.05) is 16.6 Å². The number of ether oxygens (including phenoxy) is 1. The number of para-hydroxylation sites is 1. The van der Waals surface area contributed by atoms with Gasteiger partial charge in [-0.1, -0.05) is 48.9 Å². The molecule has 2 aromatic rings. The highest BCUT2D eigenvalue weighted by atomic mass is 35.5. The monoisotopic (exact) mass is 305 g/mol. The highest BCUT2D eigenvalue weighted by Crippen LogP contribution is 2.28. The molecule has 0 radical (unpaired) electrons. The largest absolute Gasteiger partial charge is 0.484 e. The smallest absolute Gasteiger partial charge is 0.139 e. The van der Waals surface area contributed by atoms with Gasteiger partial charge in [-0.2, -0.15) is 0 Å². The van der Waals surface area contributed by atoms with Crippen LogP contribution in [0.1, 0.15) is 30.6 Å². The molecule has 0 aliphatic heterocycles. The standard InChI is InChI=1S/C17H20ClNO2/c1-2-15(19)17(12-7-9-14(18)10-8-12)21-16-6-4-3-5-13(16)11-20/h3-10,15,17,20H,2,11,19H2,1H3. The van der Waals surface area contributed by atoms with Crippen LogP contribution in [0.5, 0.6) is 5.75 Å². The van der Waals surface area contributed by atoms with Crippen molar-refractivity contribution < 1.29 is 9.84 Å². The molecular formula is C17H20ClNO2. The summed E-state index contributed by atoms with van der Waals surface area (Å²) in [5.74, 6) is 0.656. The Morgan fingerprint density at radius 3 is 2.43 bits per heavy atom. The molecule has 2 rings (SSSR count). The first kappa shape index (κ1) is 15.8. The lowest BCUT2D eigenvalue weighted by molar-refractivity contribution is 0.164. The predicted octanol–water partition coefficient (Wildman–Crippen LogP) is 3.69. The van der Waals surface area contributed by atoms with Gasteiger partial charge in [0.1, 0.15) is 11.9 Å². The highest BCUT2D eigenvalue weighted by Gasteiger charge is 2.21. The summed E-state index contributed by atoms with van der Waals surface area (Å²) in [6.07, 6.45) is 0.508. The number of halogens is 1. The molecule has 112 valence electrons. The fourth-order valence-electron chi connectivity index (χ4n) is 2.16. The molecule has 0 fully saturated rings. The normalized spacial score (nSPS) is 13.7. The second kappa shape index (κ2) is 7.46. The Morgan fingerprint density at radius 1 is 1.14 bits per heavy atom. The second-order valence-corrected chi connectivity index (χ2v) is 5.36. The highest BCUT2D eigenvalue weighted by molar-refractivity contribution is 6.30. The molecule has 0 saturated carbocycles. The maximum atomic E-state index is 9.41. The van der Waals surface area contributed by atoms with Gasteiger partial charge < -0.3 is 15.6 Å². The molecule has 21 heavy (non-hydrogen) atoms. The van der Waals surface area contributed by atoms with Gasteiger partial charge in [-0.15, -0.1) is 0 Å². The topological polar surface area (TPSA) is 55.5 Å². The van der Waals surface area contributed by atoms with E-state index in [1.807, 2.05) is 55.5 Å². The Labute approximate surface area is 130 Å². The second-order valence-electron chi connectivity index (χ2n) is 4.93. The van der Waals surface area contributed by atoms with Crippen molar-refractivity contribution >= 4 is 11.6 Å². The van der Waals surface area contributed by atoms with Crippen molar-refractivity contribution in [2.24, 2.45) is 5.73 Å². The van der Waals surface area contributed by atoms with E-state index in [1.54, 1.807) is 0 Å². The van der Waals surface area contributed by atoms with Crippen LogP contribution in [-0.4, -0.2) is 11.1 Å². The SMILES string of the molecule is CCC(N)C(Oc1ccccc1CO)c1ccc(Cl)cc1. The van der Waals surface area contributed by atoms with Crippen LogP contribution in [0.15, 0.2) is 48.5 Å². The summed E-state index contributed by atoms with van der Waals surface area (Å²) in [7, 11) is 0. The Hall–Kier alpha value is -1.55. The first-order chi connectivity index (χ1) is 10.2. The minimum atomic E-state index is -0.278. The average Bonchev–Trinajstić information content (AvgIpc) is 2.53. The van der Waals surface area contributed by atoms with Gasteiger partial charge in [-0.05, 0) is 30.2 Å². The molecule has 0 spiro atoms. The molecular weight excluding hydrogens is 286 g/mol. The maximum absolute atomic E-state index is 9.41. The summed E-state index contributed by atoms with van der Waals surface area (Å²) in [4.78, 5) is 0. The van der Waals surface area contributed by atoms with E-state index in [-0.39, 0.29) is 18.8 Å². The third-order valence-corrected chi connectivity index (χ3v) is 3.71. The van der Waals surface area contributed by atoms with Crippen LogP contribution in [0.2, 0.25) is 5.02 Å². The summed E-state index contributed by atoms with van der Waals surface area (Å²) >= 11 is 5.93. The van der Waals surface area contributed by atoms with E-state index in [2.05, 4.69) is 0 Å². The van der Waals surface area contributed by atoms with Gasteiger partial charge in [-0.3, -0.25) is 0 Å². The molecule has 3 N–H and O–H groups in total. The van der Waals surface area contributed by atoms with Crippen molar-refractivity contribution in [1.29, 1.82) is 0 Å². The Balaban J connectivity index is 2.30. The minimum Gasteiger partial charge on any atom is -0.484 e. The molecule has 0 heterocycles. The van der Waals surface area contributed by atoms with Crippen molar-refractivity contribution in [2.75, 3.05) is 0 Å². The van der Waals surface area contributed by atoms with Gasteiger partial charge in [0.2, 0.25) is 0 Å². The van der Waals surface area contributed by atoms with E-state index in [0.29, 0.717) is 10.8 Å². The van der Waals surface area contributed by atoms with Crippen LogP contribution < -0.4 is 10.5 Å². The number of hydrogen-bond acceptors (Lipinski definition) is 3. The summed E-state index contributed by atoms with van der Waals surface area (Å²) in [6.45, 7) is 1.96. The first-order valence-corrected chi connectivity index (χ1v) is 7.40. The maximum Gasteiger partial charge on any atom is 0.139 e. The number of aliphatic hydroxyl groups is 1. The fourth-order valence-corrected chi connectivity index (χ4v) is 2.28. The molecule has 3 nitrogen and oxygen atoms in total. The van der Waals surface area contributed by atoms with Crippen molar-refractivity contribution in [2.45, 2.75) is 32.1 Å². The van der Waals surface area contributed by atoms with E-state index < -0.39 is 0 Å². The van der Waals surface area contributed by atoms with Crippen molar-refractivity contribution in [1.82, 2.24) is 0 Å². The van der Waals surface area contributed by atoms with Gasteiger partial charge >= 0.3 is 0 Å². The fraction of sp³-hybridized carbons (Fsp3) is 0.294. The lowest BCUT2D eigenvalue weighted by atomic mass is 10.0. The summed E-state index contributed by atoms with van der Waals surface area (Å²) < 4.78 is 6.09. The third-order valence-electron chi connectivity index (χ3n) is 3.46. The summed E-state index contributed by atoms with van der Waals surface area (Å²) in [5, 5.41) is 10.1. The van der Waals surface area contributed by atoms with Crippen molar-refractivity contribution in [3.63, 3.8) is 0 Å². The van der Waals surface area contributed by atoms with Crippen LogP contribution in [0, 0.1) is 0 Å². The van der Waals surface area contributed by atoms with Crippen LogP contribution >= 0.6 is 11.6 Å². The zero-order valence-electron chi connectivity index (χ0n) is 12.0. The van der Waals surface area contributed by atoms with Crippen LogP contribution in [0.3, 0.4) is 0 Å². The average molecular weight is 306 g/mol. The van der Waals surface area contributed by atoms with Gasteiger partial charge in [0.15, 0.2) is 0 Å². The molecule has 4 heteroatoms. The molecule has 0 aliphatic rings. The van der Waals surface area contributed by atoms with E-state index in [0.717, 1.165) is 17.5 Å². The molecule has 0 aliphatic carbocycles. The minimum absolute atomic E-state index is 0.0646. The van der Waals surface area contributed by atoms with E-state index in [4.69, 9.17) is 22.1 Å². The Kier molecular flexibility index (Phi) is 5.62. The number of benzene rings is 2. The molecule has 2 unspecified atom stereocenters. The Morgan fingerprint density at radius 2 is 1.81 bits per heavy atom. The molecule has 2 aromatic carbocycles. The lowest BCUT2D eigenvalue weighted by Gasteiger charge is -2.26. The number of aliphatic hydroxyl groups excluding tert-OH is 1. The van der Waals surface area contributed by atoms with Crippen LogP contribution in [0.4, 0.5) is 0 Å². The van der Waals surface area contributed by atoms with Crippen molar-refractivity contribution in [3.8, 4) is 5.75 Å².